The lowest BCUT2D eigenvalue weighted by Crippen LogP contribution is -2.48. The van der Waals surface area contributed by atoms with E-state index in [-0.39, 0.29) is 18.4 Å². The van der Waals surface area contributed by atoms with Gasteiger partial charge in [-0.2, -0.15) is 0 Å². The SMILES string of the molecule is CCCCC1N(Cc2ccc(Br)cc2)C(=O)CC1(Sc1ccccc1)C(=O)O. The van der Waals surface area contributed by atoms with Crippen LogP contribution in [0.5, 0.6) is 0 Å². The lowest BCUT2D eigenvalue weighted by atomic mass is 9.94. The third-order valence-corrected chi connectivity index (χ3v) is 7.14. The summed E-state index contributed by atoms with van der Waals surface area (Å²) in [6, 6.07) is 17.0. The molecule has 1 N–H and O–H groups in total. The van der Waals surface area contributed by atoms with Crippen molar-refractivity contribution in [3.8, 4) is 0 Å². The van der Waals surface area contributed by atoms with Crippen LogP contribution in [0.4, 0.5) is 0 Å². The molecule has 0 aromatic heterocycles. The Hall–Kier alpha value is -1.79. The van der Waals surface area contributed by atoms with Gasteiger partial charge >= 0.3 is 5.97 Å². The van der Waals surface area contributed by atoms with Crippen LogP contribution in [0.15, 0.2) is 64.0 Å². The molecule has 0 saturated carbocycles. The minimum atomic E-state index is -1.16. The Balaban J connectivity index is 1.94. The maximum absolute atomic E-state index is 13.0. The molecule has 1 fully saturated rings. The van der Waals surface area contributed by atoms with Crippen molar-refractivity contribution in [1.29, 1.82) is 0 Å². The average Bonchev–Trinajstić information content (AvgIpc) is 2.94. The van der Waals surface area contributed by atoms with Gasteiger partial charge in [-0.15, -0.1) is 11.8 Å². The summed E-state index contributed by atoms with van der Waals surface area (Å²) in [5.41, 5.74) is 1.00. The zero-order valence-electron chi connectivity index (χ0n) is 15.8. The van der Waals surface area contributed by atoms with Crippen molar-refractivity contribution < 1.29 is 14.7 Å². The smallest absolute Gasteiger partial charge is 0.322 e. The topological polar surface area (TPSA) is 57.6 Å². The quantitative estimate of drug-likeness (QED) is 0.574. The number of amides is 1. The summed E-state index contributed by atoms with van der Waals surface area (Å²) in [6.45, 7) is 2.52. The van der Waals surface area contributed by atoms with Gasteiger partial charge in [0.1, 0.15) is 4.75 Å². The van der Waals surface area contributed by atoms with Crippen molar-refractivity contribution >= 4 is 39.6 Å². The standard InChI is InChI=1S/C22H24BrNO3S/c1-2-3-9-19-22(21(26)27,28-18-7-5-4-6-8-18)14-20(25)24(19)15-16-10-12-17(23)13-11-16/h4-8,10-13,19H,2-3,9,14-15H2,1H3,(H,26,27). The molecule has 2 aromatic carbocycles. The minimum Gasteiger partial charge on any atom is -0.480 e. The number of nitrogens with zero attached hydrogens (tertiary/aromatic N) is 1. The molecule has 1 amide bonds. The van der Waals surface area contributed by atoms with E-state index in [0.717, 1.165) is 27.8 Å². The average molecular weight is 462 g/mol. The minimum absolute atomic E-state index is 0.0206. The molecule has 3 rings (SSSR count). The van der Waals surface area contributed by atoms with E-state index in [4.69, 9.17) is 0 Å². The van der Waals surface area contributed by atoms with E-state index in [2.05, 4.69) is 22.9 Å². The Bertz CT molecular complexity index is 827. The number of carboxylic acids is 1. The largest absolute Gasteiger partial charge is 0.480 e. The number of benzene rings is 2. The van der Waals surface area contributed by atoms with E-state index < -0.39 is 10.7 Å². The zero-order chi connectivity index (χ0) is 20.1. The molecular formula is C22H24BrNO3S. The lowest BCUT2D eigenvalue weighted by molar-refractivity contribution is -0.140. The summed E-state index contributed by atoms with van der Waals surface area (Å²) >= 11 is 4.74. The monoisotopic (exact) mass is 461 g/mol. The summed E-state index contributed by atoms with van der Waals surface area (Å²) in [5.74, 6) is -0.996. The van der Waals surface area contributed by atoms with Gasteiger partial charge in [0.2, 0.25) is 5.91 Å². The van der Waals surface area contributed by atoms with Crippen LogP contribution in [0.2, 0.25) is 0 Å². The van der Waals surface area contributed by atoms with Crippen molar-refractivity contribution in [2.24, 2.45) is 0 Å². The second kappa shape index (κ2) is 9.14. The first-order valence-corrected chi connectivity index (χ1v) is 11.1. The van der Waals surface area contributed by atoms with Crippen molar-refractivity contribution in [2.75, 3.05) is 0 Å². The summed E-state index contributed by atoms with van der Waals surface area (Å²) in [7, 11) is 0. The van der Waals surface area contributed by atoms with E-state index in [1.54, 1.807) is 4.90 Å². The van der Waals surface area contributed by atoms with Crippen LogP contribution in [0.1, 0.15) is 38.2 Å². The fourth-order valence-corrected chi connectivity index (χ4v) is 5.35. The molecule has 28 heavy (non-hydrogen) atoms. The number of rotatable bonds is 8. The van der Waals surface area contributed by atoms with Crippen LogP contribution >= 0.6 is 27.7 Å². The maximum Gasteiger partial charge on any atom is 0.322 e. The fraction of sp³-hybridized carbons (Fsp3) is 0.364. The highest BCUT2D eigenvalue weighted by Crippen LogP contribution is 2.47. The molecule has 2 aromatic rings. The van der Waals surface area contributed by atoms with Crippen LogP contribution in [-0.2, 0) is 16.1 Å². The number of carbonyl (C=O) groups is 2. The summed E-state index contributed by atoms with van der Waals surface area (Å²) in [5, 5.41) is 10.2. The van der Waals surface area contributed by atoms with Crippen LogP contribution in [0.25, 0.3) is 0 Å². The Morgan fingerprint density at radius 3 is 2.50 bits per heavy atom. The van der Waals surface area contributed by atoms with Crippen LogP contribution in [0.3, 0.4) is 0 Å². The normalized spacial score (nSPS) is 21.9. The van der Waals surface area contributed by atoms with E-state index >= 15 is 0 Å². The van der Waals surface area contributed by atoms with Gasteiger partial charge in [-0.3, -0.25) is 9.59 Å². The van der Waals surface area contributed by atoms with Crippen molar-refractivity contribution in [2.45, 2.75) is 54.8 Å². The van der Waals surface area contributed by atoms with E-state index in [1.165, 1.54) is 11.8 Å². The molecule has 1 heterocycles. The molecule has 1 aliphatic rings. The number of hydrogen-bond acceptors (Lipinski definition) is 3. The summed E-state index contributed by atoms with van der Waals surface area (Å²) in [6.07, 6.45) is 2.55. The van der Waals surface area contributed by atoms with Crippen molar-refractivity contribution in [1.82, 2.24) is 4.90 Å². The molecule has 4 nitrogen and oxygen atoms in total. The van der Waals surface area contributed by atoms with E-state index in [0.29, 0.717) is 13.0 Å². The first kappa shape index (κ1) is 20.9. The molecule has 6 heteroatoms. The number of thioether (sulfide) groups is 1. The lowest BCUT2D eigenvalue weighted by Gasteiger charge is -2.34. The third kappa shape index (κ3) is 4.44. The molecule has 2 atom stereocenters. The van der Waals surface area contributed by atoms with Crippen LogP contribution in [0, 0.1) is 0 Å². The maximum atomic E-state index is 13.0. The number of carboxylic acid groups (broad SMARTS) is 1. The Labute approximate surface area is 178 Å². The highest BCUT2D eigenvalue weighted by Gasteiger charge is 2.57. The van der Waals surface area contributed by atoms with Gasteiger partial charge in [-0.1, -0.05) is 66.0 Å². The summed E-state index contributed by atoms with van der Waals surface area (Å²) < 4.78 is -0.186. The van der Waals surface area contributed by atoms with Gasteiger partial charge in [-0.25, -0.2) is 0 Å². The number of likely N-dealkylation sites (tertiary alicyclic amines) is 1. The van der Waals surface area contributed by atoms with E-state index in [1.807, 2.05) is 54.6 Å². The molecule has 0 aliphatic carbocycles. The number of unbranched alkanes of at least 4 members (excludes halogenated alkanes) is 1. The Kier molecular flexibility index (Phi) is 6.83. The van der Waals surface area contributed by atoms with Crippen molar-refractivity contribution in [3.63, 3.8) is 0 Å². The first-order chi connectivity index (χ1) is 13.5. The third-order valence-electron chi connectivity index (χ3n) is 5.15. The molecule has 148 valence electrons. The fourth-order valence-electron chi connectivity index (χ4n) is 3.71. The molecule has 1 aliphatic heterocycles. The van der Waals surface area contributed by atoms with Crippen molar-refractivity contribution in [3.05, 3.63) is 64.6 Å². The molecule has 0 bridgehead atoms. The summed E-state index contributed by atoms with van der Waals surface area (Å²) in [4.78, 5) is 28.1. The molecule has 0 spiro atoms. The first-order valence-electron chi connectivity index (χ1n) is 9.47. The second-order valence-corrected chi connectivity index (χ2v) is 9.41. The van der Waals surface area contributed by atoms with Gasteiger partial charge in [0.15, 0.2) is 0 Å². The highest BCUT2D eigenvalue weighted by atomic mass is 79.9. The zero-order valence-corrected chi connectivity index (χ0v) is 18.2. The second-order valence-electron chi connectivity index (χ2n) is 7.09. The van der Waals surface area contributed by atoms with Crippen LogP contribution in [-0.4, -0.2) is 32.7 Å². The van der Waals surface area contributed by atoms with Gasteiger partial charge in [0.25, 0.3) is 0 Å². The highest BCUT2D eigenvalue weighted by molar-refractivity contribution is 9.10. The number of hydrogen-bond donors (Lipinski definition) is 1. The molecular weight excluding hydrogens is 438 g/mol. The van der Waals surface area contributed by atoms with Gasteiger partial charge in [0.05, 0.1) is 12.5 Å². The molecule has 2 unspecified atom stereocenters. The Morgan fingerprint density at radius 2 is 1.89 bits per heavy atom. The molecule has 0 radical (unpaired) electrons. The Morgan fingerprint density at radius 1 is 1.21 bits per heavy atom. The number of aliphatic carboxylic acids is 1. The van der Waals surface area contributed by atoms with Gasteiger partial charge in [-0.05, 0) is 36.2 Å². The van der Waals surface area contributed by atoms with E-state index in [9.17, 15) is 14.7 Å². The van der Waals surface area contributed by atoms with Crippen LogP contribution < -0.4 is 0 Å². The van der Waals surface area contributed by atoms with Gasteiger partial charge in [0, 0.05) is 15.9 Å². The number of halogens is 1. The predicted molar refractivity (Wildman–Crippen MR) is 115 cm³/mol. The molecule has 1 saturated heterocycles. The predicted octanol–water partition coefficient (Wildman–Crippen LogP) is 5.36. The van der Waals surface area contributed by atoms with Gasteiger partial charge < -0.3 is 10.0 Å². The number of carbonyl (C=O) groups excluding carboxylic acids is 1.